The van der Waals surface area contributed by atoms with Crippen LogP contribution >= 0.6 is 0 Å². The fourth-order valence-corrected chi connectivity index (χ4v) is 4.83. The maximum absolute atomic E-state index is 12.6. The van der Waals surface area contributed by atoms with E-state index in [9.17, 15) is 13.2 Å². The second-order valence-corrected chi connectivity index (χ2v) is 8.89. The van der Waals surface area contributed by atoms with Crippen molar-refractivity contribution in [1.82, 2.24) is 9.88 Å². The molecule has 23 heavy (non-hydrogen) atoms. The van der Waals surface area contributed by atoms with Crippen molar-refractivity contribution < 1.29 is 13.2 Å². The van der Waals surface area contributed by atoms with Gasteiger partial charge in [-0.1, -0.05) is 26.0 Å². The topological polar surface area (TPSA) is 70.2 Å². The summed E-state index contributed by atoms with van der Waals surface area (Å²) in [5, 5.41) is 0.991. The van der Waals surface area contributed by atoms with Crippen molar-refractivity contribution in [3.05, 3.63) is 35.5 Å². The van der Waals surface area contributed by atoms with E-state index < -0.39 is 9.84 Å². The molecule has 3 rings (SSSR count). The van der Waals surface area contributed by atoms with Crippen LogP contribution in [0.4, 0.5) is 0 Å². The van der Waals surface area contributed by atoms with E-state index in [-0.39, 0.29) is 23.5 Å². The number of aromatic nitrogens is 1. The van der Waals surface area contributed by atoms with Crippen molar-refractivity contribution in [2.75, 3.05) is 18.6 Å². The number of H-pyrrole nitrogens is 1. The molecule has 2 aromatic rings. The van der Waals surface area contributed by atoms with Gasteiger partial charge in [-0.05, 0) is 30.0 Å². The minimum absolute atomic E-state index is 0.0625. The Morgan fingerprint density at radius 2 is 2.04 bits per heavy atom. The predicted molar refractivity (Wildman–Crippen MR) is 91.5 cm³/mol. The van der Waals surface area contributed by atoms with Crippen molar-refractivity contribution >= 4 is 26.6 Å². The number of nitrogens with one attached hydrogen (secondary N) is 1. The molecular weight excluding hydrogens is 312 g/mol. The number of rotatable bonds is 3. The molecule has 1 aliphatic heterocycles. The van der Waals surface area contributed by atoms with Crippen LogP contribution in [0, 0.1) is 0 Å². The number of fused-ring (bicyclic) bond motifs is 1. The lowest BCUT2D eigenvalue weighted by atomic mass is 10.0. The summed E-state index contributed by atoms with van der Waals surface area (Å²) in [5.74, 6) is 0.495. The summed E-state index contributed by atoms with van der Waals surface area (Å²) in [4.78, 5) is 17.4. The maximum Gasteiger partial charge on any atom is 0.270 e. The lowest BCUT2D eigenvalue weighted by Gasteiger charge is -2.22. The Kier molecular flexibility index (Phi) is 3.96. The van der Waals surface area contributed by atoms with Gasteiger partial charge in [-0.15, -0.1) is 0 Å². The monoisotopic (exact) mass is 334 g/mol. The van der Waals surface area contributed by atoms with Crippen LogP contribution in [0.5, 0.6) is 0 Å². The molecule has 1 aliphatic rings. The van der Waals surface area contributed by atoms with Gasteiger partial charge in [0.25, 0.3) is 5.91 Å². The maximum atomic E-state index is 12.6. The number of sulfone groups is 1. The number of hydrogen-bond donors (Lipinski definition) is 1. The molecule has 124 valence electrons. The first kappa shape index (κ1) is 16.1. The summed E-state index contributed by atoms with van der Waals surface area (Å²) >= 11 is 0. The van der Waals surface area contributed by atoms with Gasteiger partial charge >= 0.3 is 0 Å². The standard InChI is InChI=1S/C17H22N2O3S/c1-11(2)12-4-5-13-9-16(18-15(13)8-12)17(20)19(3)14-6-7-23(21,22)10-14/h4-5,8-9,11,14,18H,6-7,10H2,1-3H3/t14-/m1/s1. The van der Waals surface area contributed by atoms with E-state index in [1.807, 2.05) is 12.1 Å². The first-order chi connectivity index (χ1) is 10.8. The number of carbonyl (C=O) groups excluding carboxylic acids is 1. The van der Waals surface area contributed by atoms with Crippen LogP contribution in [0.2, 0.25) is 0 Å². The molecule has 1 atom stereocenters. The van der Waals surface area contributed by atoms with Crippen LogP contribution in [-0.2, 0) is 9.84 Å². The van der Waals surface area contributed by atoms with E-state index in [1.54, 1.807) is 11.9 Å². The van der Waals surface area contributed by atoms with Gasteiger partial charge in [-0.3, -0.25) is 4.79 Å². The van der Waals surface area contributed by atoms with Gasteiger partial charge in [-0.2, -0.15) is 0 Å². The molecule has 0 saturated carbocycles. The molecule has 1 amide bonds. The molecule has 0 radical (unpaired) electrons. The van der Waals surface area contributed by atoms with E-state index in [0.717, 1.165) is 10.9 Å². The highest BCUT2D eigenvalue weighted by Gasteiger charge is 2.33. The van der Waals surface area contributed by atoms with E-state index in [0.29, 0.717) is 18.0 Å². The molecule has 0 spiro atoms. The van der Waals surface area contributed by atoms with Crippen molar-refractivity contribution in [3.8, 4) is 0 Å². The van der Waals surface area contributed by atoms with Crippen molar-refractivity contribution in [2.24, 2.45) is 0 Å². The Morgan fingerprint density at radius 1 is 1.30 bits per heavy atom. The van der Waals surface area contributed by atoms with Crippen LogP contribution in [0.1, 0.15) is 42.2 Å². The van der Waals surface area contributed by atoms with Crippen molar-refractivity contribution in [1.29, 1.82) is 0 Å². The number of hydrogen-bond acceptors (Lipinski definition) is 3. The number of nitrogens with zero attached hydrogens (tertiary/aromatic N) is 1. The molecule has 0 aliphatic carbocycles. The molecule has 1 aromatic heterocycles. The summed E-state index contributed by atoms with van der Waals surface area (Å²) in [6.07, 6.45) is 0.516. The first-order valence-corrected chi connectivity index (χ1v) is 9.69. The van der Waals surface area contributed by atoms with Gasteiger partial charge in [0.05, 0.1) is 11.5 Å². The average Bonchev–Trinajstić information content (AvgIpc) is 3.07. The predicted octanol–water partition coefficient (Wildman–Crippen LogP) is 2.55. The fraction of sp³-hybridized carbons (Fsp3) is 0.471. The molecule has 1 fully saturated rings. The summed E-state index contributed by atoms with van der Waals surface area (Å²) in [6, 6.07) is 7.75. The Labute approximate surface area is 136 Å². The van der Waals surface area contributed by atoms with Gasteiger partial charge in [0.1, 0.15) is 5.69 Å². The molecule has 0 unspecified atom stereocenters. The highest BCUT2D eigenvalue weighted by Crippen LogP contribution is 2.24. The minimum Gasteiger partial charge on any atom is -0.351 e. The van der Waals surface area contributed by atoms with Gasteiger partial charge in [0.15, 0.2) is 9.84 Å². The van der Waals surface area contributed by atoms with Crippen LogP contribution in [0.3, 0.4) is 0 Å². The molecule has 1 saturated heterocycles. The second-order valence-electron chi connectivity index (χ2n) is 6.66. The van der Waals surface area contributed by atoms with Gasteiger partial charge < -0.3 is 9.88 Å². The fourth-order valence-electron chi connectivity index (χ4n) is 3.06. The normalized spacial score (nSPS) is 20.3. The van der Waals surface area contributed by atoms with Gasteiger partial charge in [-0.25, -0.2) is 8.42 Å². The second kappa shape index (κ2) is 5.67. The molecule has 0 bridgehead atoms. The number of carbonyl (C=O) groups is 1. The molecule has 2 heterocycles. The van der Waals surface area contributed by atoms with Crippen molar-refractivity contribution in [2.45, 2.75) is 32.2 Å². The number of aromatic amines is 1. The van der Waals surface area contributed by atoms with Crippen LogP contribution in [0.25, 0.3) is 10.9 Å². The highest BCUT2D eigenvalue weighted by atomic mass is 32.2. The number of benzene rings is 1. The SMILES string of the molecule is CC(C)c1ccc2cc(C(=O)N(C)[C@@H]3CCS(=O)(=O)C3)[nH]c2c1. The van der Waals surface area contributed by atoms with Gasteiger partial charge in [0, 0.05) is 24.0 Å². The van der Waals surface area contributed by atoms with E-state index in [4.69, 9.17) is 0 Å². The quantitative estimate of drug-likeness (QED) is 0.938. The van der Waals surface area contributed by atoms with Crippen LogP contribution in [0.15, 0.2) is 24.3 Å². The summed E-state index contributed by atoms with van der Waals surface area (Å²) < 4.78 is 23.2. The van der Waals surface area contributed by atoms with Crippen LogP contribution < -0.4 is 0 Å². The molecule has 1 N–H and O–H groups in total. The lowest BCUT2D eigenvalue weighted by molar-refractivity contribution is 0.0743. The zero-order valence-electron chi connectivity index (χ0n) is 13.7. The summed E-state index contributed by atoms with van der Waals surface area (Å²) in [7, 11) is -1.32. The number of amides is 1. The average molecular weight is 334 g/mol. The third kappa shape index (κ3) is 3.13. The molecule has 5 nitrogen and oxygen atoms in total. The Balaban J connectivity index is 1.86. The first-order valence-electron chi connectivity index (χ1n) is 7.87. The smallest absolute Gasteiger partial charge is 0.270 e. The largest absolute Gasteiger partial charge is 0.351 e. The van der Waals surface area contributed by atoms with Crippen LogP contribution in [-0.4, -0.2) is 48.8 Å². The molecular formula is C17H22N2O3S. The summed E-state index contributed by atoms with van der Waals surface area (Å²) in [5.41, 5.74) is 2.66. The zero-order chi connectivity index (χ0) is 16.8. The summed E-state index contributed by atoms with van der Waals surface area (Å²) in [6.45, 7) is 4.26. The van der Waals surface area contributed by atoms with E-state index in [1.165, 1.54) is 5.56 Å². The zero-order valence-corrected chi connectivity index (χ0v) is 14.5. The van der Waals surface area contributed by atoms with E-state index >= 15 is 0 Å². The highest BCUT2D eigenvalue weighted by molar-refractivity contribution is 7.91. The third-order valence-electron chi connectivity index (χ3n) is 4.62. The minimum atomic E-state index is -3.00. The molecule has 1 aromatic carbocycles. The molecule has 6 heteroatoms. The van der Waals surface area contributed by atoms with Crippen molar-refractivity contribution in [3.63, 3.8) is 0 Å². The van der Waals surface area contributed by atoms with E-state index in [2.05, 4.69) is 31.0 Å². The Morgan fingerprint density at radius 3 is 2.65 bits per heavy atom. The Hall–Kier alpha value is -1.82. The lowest BCUT2D eigenvalue weighted by Crippen LogP contribution is -2.37. The Bertz CT molecular complexity index is 852. The third-order valence-corrected chi connectivity index (χ3v) is 6.37. The van der Waals surface area contributed by atoms with Gasteiger partial charge in [0.2, 0.25) is 0 Å².